The normalized spacial score (nSPS) is 10.3. The molecule has 0 aliphatic rings. The quantitative estimate of drug-likeness (QED) is 0.750. The first-order valence-electron chi connectivity index (χ1n) is 4.73. The van der Waals surface area contributed by atoms with Crippen LogP contribution in [0.4, 0.5) is 4.39 Å². The number of hydrogen-bond donors (Lipinski definition) is 1. The number of rotatable bonds is 1. The summed E-state index contributed by atoms with van der Waals surface area (Å²) in [5.41, 5.74) is 1.82. The van der Waals surface area contributed by atoms with Gasteiger partial charge in [-0.15, -0.1) is 0 Å². The fourth-order valence-corrected chi connectivity index (χ4v) is 1.54. The summed E-state index contributed by atoms with van der Waals surface area (Å²) in [5, 5.41) is 9.59. The van der Waals surface area contributed by atoms with Gasteiger partial charge >= 0.3 is 0 Å². The van der Waals surface area contributed by atoms with Crippen molar-refractivity contribution in [1.29, 1.82) is 0 Å². The van der Waals surface area contributed by atoms with Crippen molar-refractivity contribution in [2.45, 2.75) is 6.92 Å². The summed E-state index contributed by atoms with van der Waals surface area (Å²) in [6, 6.07) is 11.7. The van der Waals surface area contributed by atoms with E-state index < -0.39 is 0 Å². The standard InChI is InChI=1S/C13H11FO/c1-9-6-7-10(12(14)8-9)11-4-2-3-5-13(11)15/h2-8,15H,1H3. The lowest BCUT2D eigenvalue weighted by atomic mass is 10.0. The highest BCUT2D eigenvalue weighted by Crippen LogP contribution is 2.30. The first-order chi connectivity index (χ1) is 7.18. The fraction of sp³-hybridized carbons (Fsp3) is 0.0769. The second kappa shape index (κ2) is 3.73. The average molecular weight is 202 g/mol. The number of phenols is 1. The van der Waals surface area contributed by atoms with Crippen molar-refractivity contribution in [3.8, 4) is 16.9 Å². The largest absolute Gasteiger partial charge is 0.507 e. The average Bonchev–Trinajstić information content (AvgIpc) is 2.20. The predicted octanol–water partition coefficient (Wildman–Crippen LogP) is 3.51. The third-order valence-electron chi connectivity index (χ3n) is 2.32. The number of para-hydroxylation sites is 1. The topological polar surface area (TPSA) is 20.2 Å². The second-order valence-electron chi connectivity index (χ2n) is 3.50. The van der Waals surface area contributed by atoms with E-state index >= 15 is 0 Å². The Kier molecular flexibility index (Phi) is 2.42. The van der Waals surface area contributed by atoms with Crippen molar-refractivity contribution in [1.82, 2.24) is 0 Å². The molecule has 0 unspecified atom stereocenters. The molecule has 0 aliphatic carbocycles. The van der Waals surface area contributed by atoms with Crippen LogP contribution in [-0.2, 0) is 0 Å². The van der Waals surface area contributed by atoms with E-state index in [0.29, 0.717) is 11.1 Å². The first-order valence-corrected chi connectivity index (χ1v) is 4.73. The molecule has 1 N–H and O–H groups in total. The second-order valence-corrected chi connectivity index (χ2v) is 3.50. The van der Waals surface area contributed by atoms with Crippen molar-refractivity contribution < 1.29 is 9.50 Å². The van der Waals surface area contributed by atoms with Gasteiger partial charge in [-0.1, -0.05) is 30.3 Å². The van der Waals surface area contributed by atoms with E-state index in [-0.39, 0.29) is 11.6 Å². The summed E-state index contributed by atoms with van der Waals surface area (Å²) in [5.74, 6) is -0.211. The van der Waals surface area contributed by atoms with Gasteiger partial charge in [0.15, 0.2) is 0 Å². The molecule has 76 valence electrons. The highest BCUT2D eigenvalue weighted by atomic mass is 19.1. The van der Waals surface area contributed by atoms with E-state index in [0.717, 1.165) is 5.56 Å². The molecule has 0 spiro atoms. The minimum absolute atomic E-state index is 0.0975. The Morgan fingerprint density at radius 3 is 2.40 bits per heavy atom. The van der Waals surface area contributed by atoms with Crippen LogP contribution in [0.5, 0.6) is 5.75 Å². The Hall–Kier alpha value is -1.83. The molecule has 0 saturated carbocycles. The molecule has 2 rings (SSSR count). The van der Waals surface area contributed by atoms with E-state index in [1.165, 1.54) is 6.07 Å². The van der Waals surface area contributed by atoms with Crippen LogP contribution in [-0.4, -0.2) is 5.11 Å². The third-order valence-corrected chi connectivity index (χ3v) is 2.32. The number of benzene rings is 2. The molecule has 0 radical (unpaired) electrons. The number of aromatic hydroxyl groups is 1. The monoisotopic (exact) mass is 202 g/mol. The Balaban J connectivity index is 2.60. The molecule has 2 aromatic carbocycles. The summed E-state index contributed by atoms with van der Waals surface area (Å²) >= 11 is 0. The van der Waals surface area contributed by atoms with E-state index in [9.17, 15) is 9.50 Å². The van der Waals surface area contributed by atoms with Crippen LogP contribution in [0.2, 0.25) is 0 Å². The number of hydrogen-bond acceptors (Lipinski definition) is 1. The molecule has 0 aromatic heterocycles. The van der Waals surface area contributed by atoms with Gasteiger partial charge in [0.05, 0.1) is 0 Å². The predicted molar refractivity (Wildman–Crippen MR) is 58.2 cm³/mol. The molecule has 15 heavy (non-hydrogen) atoms. The van der Waals surface area contributed by atoms with Gasteiger partial charge in [-0.05, 0) is 24.6 Å². The summed E-state index contributed by atoms with van der Waals surface area (Å²) < 4.78 is 13.6. The minimum Gasteiger partial charge on any atom is -0.507 e. The molecule has 0 atom stereocenters. The van der Waals surface area contributed by atoms with Crippen molar-refractivity contribution in [3.05, 3.63) is 53.8 Å². The van der Waals surface area contributed by atoms with Gasteiger partial charge in [-0.25, -0.2) is 4.39 Å². The molecule has 0 fully saturated rings. The number of phenolic OH excluding ortho intramolecular Hbond substituents is 1. The van der Waals surface area contributed by atoms with Crippen molar-refractivity contribution in [2.24, 2.45) is 0 Å². The molecule has 2 aromatic rings. The van der Waals surface area contributed by atoms with Crippen LogP contribution < -0.4 is 0 Å². The summed E-state index contributed by atoms with van der Waals surface area (Å²) in [7, 11) is 0. The van der Waals surface area contributed by atoms with Crippen LogP contribution in [0, 0.1) is 12.7 Å². The molecule has 0 amide bonds. The lowest BCUT2D eigenvalue weighted by Gasteiger charge is -2.06. The zero-order chi connectivity index (χ0) is 10.8. The van der Waals surface area contributed by atoms with E-state index in [2.05, 4.69) is 0 Å². The maximum absolute atomic E-state index is 13.6. The van der Waals surface area contributed by atoms with Gasteiger partial charge < -0.3 is 5.11 Å². The van der Waals surface area contributed by atoms with Gasteiger partial charge in [0.1, 0.15) is 11.6 Å². The molecular formula is C13H11FO. The van der Waals surface area contributed by atoms with Gasteiger partial charge in [0.25, 0.3) is 0 Å². The van der Waals surface area contributed by atoms with Gasteiger partial charge in [-0.2, -0.15) is 0 Å². The van der Waals surface area contributed by atoms with Crippen molar-refractivity contribution >= 4 is 0 Å². The minimum atomic E-state index is -0.309. The number of aryl methyl sites for hydroxylation is 1. The van der Waals surface area contributed by atoms with E-state index in [1.54, 1.807) is 30.3 Å². The smallest absolute Gasteiger partial charge is 0.131 e. The van der Waals surface area contributed by atoms with Crippen LogP contribution >= 0.6 is 0 Å². The van der Waals surface area contributed by atoms with Crippen LogP contribution in [0.15, 0.2) is 42.5 Å². The van der Waals surface area contributed by atoms with Crippen LogP contribution in [0.3, 0.4) is 0 Å². The van der Waals surface area contributed by atoms with E-state index in [4.69, 9.17) is 0 Å². The molecule has 0 bridgehead atoms. The maximum atomic E-state index is 13.6. The van der Waals surface area contributed by atoms with Gasteiger partial charge in [0, 0.05) is 11.1 Å². The van der Waals surface area contributed by atoms with Crippen LogP contribution in [0.1, 0.15) is 5.56 Å². The van der Waals surface area contributed by atoms with Gasteiger partial charge in [-0.3, -0.25) is 0 Å². The maximum Gasteiger partial charge on any atom is 0.131 e. The number of halogens is 1. The highest BCUT2D eigenvalue weighted by Gasteiger charge is 2.08. The Morgan fingerprint density at radius 2 is 1.73 bits per heavy atom. The lowest BCUT2D eigenvalue weighted by molar-refractivity contribution is 0.476. The van der Waals surface area contributed by atoms with Gasteiger partial charge in [0.2, 0.25) is 0 Å². The zero-order valence-electron chi connectivity index (χ0n) is 8.37. The Morgan fingerprint density at radius 1 is 1.00 bits per heavy atom. The molecule has 0 saturated heterocycles. The third kappa shape index (κ3) is 1.84. The van der Waals surface area contributed by atoms with Crippen molar-refractivity contribution in [2.75, 3.05) is 0 Å². The molecule has 1 nitrogen and oxygen atoms in total. The molecule has 2 heteroatoms. The molecule has 0 heterocycles. The fourth-order valence-electron chi connectivity index (χ4n) is 1.54. The highest BCUT2D eigenvalue weighted by molar-refractivity contribution is 5.70. The first kappa shape index (κ1) is 9.71. The molecular weight excluding hydrogens is 191 g/mol. The van der Waals surface area contributed by atoms with E-state index in [1.807, 2.05) is 13.0 Å². The van der Waals surface area contributed by atoms with Crippen LogP contribution in [0.25, 0.3) is 11.1 Å². The molecule has 0 aliphatic heterocycles. The SMILES string of the molecule is Cc1ccc(-c2ccccc2O)c(F)c1. The lowest BCUT2D eigenvalue weighted by Crippen LogP contribution is -1.85. The Bertz CT molecular complexity index is 492. The summed E-state index contributed by atoms with van der Waals surface area (Å²) in [4.78, 5) is 0. The van der Waals surface area contributed by atoms with Crippen molar-refractivity contribution in [3.63, 3.8) is 0 Å². The summed E-state index contributed by atoms with van der Waals surface area (Å²) in [6.45, 7) is 1.83. The summed E-state index contributed by atoms with van der Waals surface area (Å²) in [6.07, 6.45) is 0. The Labute approximate surface area is 87.8 Å². The zero-order valence-corrected chi connectivity index (χ0v) is 8.37.